The summed E-state index contributed by atoms with van der Waals surface area (Å²) >= 11 is 0. The van der Waals surface area contributed by atoms with Gasteiger partial charge in [0, 0.05) is 6.07 Å². The second-order valence-corrected chi connectivity index (χ2v) is 3.54. The van der Waals surface area contributed by atoms with Crippen molar-refractivity contribution in [3.8, 4) is 0 Å². The van der Waals surface area contributed by atoms with Gasteiger partial charge >= 0.3 is 5.69 Å². The molecule has 2 aromatic heterocycles. The van der Waals surface area contributed by atoms with Gasteiger partial charge in [-0.1, -0.05) is 12.1 Å². The predicted molar refractivity (Wildman–Crippen MR) is 62.2 cm³/mol. The van der Waals surface area contributed by atoms with Crippen LogP contribution in [-0.2, 0) is 0 Å². The highest BCUT2D eigenvalue weighted by molar-refractivity contribution is 5.78. The third kappa shape index (κ3) is 1.42. The zero-order valence-corrected chi connectivity index (χ0v) is 8.66. The van der Waals surface area contributed by atoms with Gasteiger partial charge in [0.05, 0.1) is 22.7 Å². The van der Waals surface area contributed by atoms with E-state index in [0.717, 1.165) is 0 Å². The van der Waals surface area contributed by atoms with E-state index < -0.39 is 5.69 Å². The number of aromatic nitrogens is 3. The third-order valence-electron chi connectivity index (χ3n) is 2.52. The Kier molecular flexibility index (Phi) is 2.02. The number of benzene rings is 1. The quantitative estimate of drug-likeness (QED) is 0.480. The van der Waals surface area contributed by atoms with Crippen LogP contribution in [0.1, 0.15) is 0 Å². The maximum Gasteiger partial charge on any atom is 0.354 e. The third-order valence-corrected chi connectivity index (χ3v) is 2.52. The maximum absolute atomic E-state index is 11.8. The van der Waals surface area contributed by atoms with Crippen LogP contribution in [0.4, 0.5) is 5.82 Å². The molecule has 0 atom stereocenters. The first-order valence-corrected chi connectivity index (χ1v) is 4.97. The van der Waals surface area contributed by atoms with Gasteiger partial charge in [-0.25, -0.2) is 4.79 Å². The lowest BCUT2D eigenvalue weighted by molar-refractivity contribution is 0.385. The van der Waals surface area contributed by atoms with Crippen LogP contribution in [0, 0.1) is 0 Å². The molecular weight excluding hydrogens is 220 g/mol. The highest BCUT2D eigenvalue weighted by Crippen LogP contribution is 2.13. The average Bonchev–Trinajstić information content (AvgIpc) is 2.37. The van der Waals surface area contributed by atoms with Gasteiger partial charge in [-0.3, -0.25) is 20.1 Å². The standard InChI is InChI=1S/C11H8N4O2/c16-11-13-10(14-17)5-7-6-12-8-3-1-2-4-9(8)15(7)11/h1-6,17H,(H,13,14,16). The number of rotatable bonds is 1. The Morgan fingerprint density at radius 3 is 2.94 bits per heavy atom. The zero-order chi connectivity index (χ0) is 11.8. The summed E-state index contributed by atoms with van der Waals surface area (Å²) in [7, 11) is 0. The number of hydrogen-bond donors (Lipinski definition) is 2. The van der Waals surface area contributed by atoms with E-state index in [1.807, 2.05) is 23.7 Å². The second kappa shape index (κ2) is 3.53. The second-order valence-electron chi connectivity index (χ2n) is 3.54. The number of fused-ring (bicyclic) bond motifs is 3. The van der Waals surface area contributed by atoms with Crippen molar-refractivity contribution in [3.63, 3.8) is 0 Å². The minimum absolute atomic E-state index is 0.104. The highest BCUT2D eigenvalue weighted by Gasteiger charge is 2.05. The molecule has 3 aromatic rings. The molecule has 3 rings (SSSR count). The molecular formula is C11H8N4O2. The van der Waals surface area contributed by atoms with E-state index in [1.165, 1.54) is 4.40 Å². The molecule has 0 amide bonds. The van der Waals surface area contributed by atoms with E-state index >= 15 is 0 Å². The van der Waals surface area contributed by atoms with Gasteiger partial charge < -0.3 is 0 Å². The van der Waals surface area contributed by atoms with Crippen LogP contribution in [0.15, 0.2) is 41.3 Å². The topological polar surface area (TPSA) is 79.5 Å². The summed E-state index contributed by atoms with van der Waals surface area (Å²) in [6.07, 6.45) is 1.56. The molecule has 0 aliphatic heterocycles. The summed E-state index contributed by atoms with van der Waals surface area (Å²) < 4.78 is 1.45. The van der Waals surface area contributed by atoms with Crippen molar-refractivity contribution < 1.29 is 5.21 Å². The molecule has 2 heterocycles. The van der Waals surface area contributed by atoms with E-state index in [2.05, 4.69) is 9.97 Å². The lowest BCUT2D eigenvalue weighted by Gasteiger charge is -2.05. The fourth-order valence-electron chi connectivity index (χ4n) is 1.79. The highest BCUT2D eigenvalue weighted by atomic mass is 16.5. The molecule has 17 heavy (non-hydrogen) atoms. The first kappa shape index (κ1) is 9.73. The Morgan fingerprint density at radius 2 is 2.12 bits per heavy atom. The average molecular weight is 228 g/mol. The van der Waals surface area contributed by atoms with Crippen molar-refractivity contribution in [1.82, 2.24) is 14.4 Å². The Morgan fingerprint density at radius 1 is 1.29 bits per heavy atom. The van der Waals surface area contributed by atoms with Crippen molar-refractivity contribution in [3.05, 3.63) is 47.0 Å². The minimum Gasteiger partial charge on any atom is -0.290 e. The predicted octanol–water partition coefficient (Wildman–Crippen LogP) is 1.04. The van der Waals surface area contributed by atoms with Crippen molar-refractivity contribution >= 4 is 22.4 Å². The first-order valence-electron chi connectivity index (χ1n) is 4.97. The minimum atomic E-state index is -0.461. The Bertz CT molecular complexity index is 766. The van der Waals surface area contributed by atoms with Crippen molar-refractivity contribution in [2.45, 2.75) is 0 Å². The monoisotopic (exact) mass is 228 g/mol. The molecule has 2 N–H and O–H groups in total. The molecule has 0 bridgehead atoms. The Labute approximate surface area is 95.1 Å². The van der Waals surface area contributed by atoms with E-state index in [4.69, 9.17) is 5.21 Å². The summed E-state index contributed by atoms with van der Waals surface area (Å²) in [6.45, 7) is 0. The van der Waals surface area contributed by atoms with Crippen LogP contribution >= 0.6 is 0 Å². The SMILES string of the molecule is O=c1nc(NO)cc2cnc3ccccc3n12. The molecule has 84 valence electrons. The van der Waals surface area contributed by atoms with Gasteiger partial charge in [0.2, 0.25) is 0 Å². The van der Waals surface area contributed by atoms with E-state index in [9.17, 15) is 4.79 Å². The molecule has 0 saturated heterocycles. The van der Waals surface area contributed by atoms with Crippen LogP contribution in [0.3, 0.4) is 0 Å². The molecule has 0 unspecified atom stereocenters. The van der Waals surface area contributed by atoms with Gasteiger partial charge in [-0.2, -0.15) is 4.98 Å². The number of para-hydroxylation sites is 2. The molecule has 0 aliphatic rings. The maximum atomic E-state index is 11.8. The summed E-state index contributed by atoms with van der Waals surface area (Å²) in [6, 6.07) is 8.84. The fourth-order valence-corrected chi connectivity index (χ4v) is 1.79. The largest absolute Gasteiger partial charge is 0.354 e. The lowest BCUT2D eigenvalue weighted by atomic mass is 10.3. The molecule has 6 heteroatoms. The number of anilines is 1. The van der Waals surface area contributed by atoms with Crippen molar-refractivity contribution in [2.24, 2.45) is 0 Å². The van der Waals surface area contributed by atoms with Crippen molar-refractivity contribution in [1.29, 1.82) is 0 Å². The van der Waals surface area contributed by atoms with E-state index in [1.54, 1.807) is 18.3 Å². The van der Waals surface area contributed by atoms with Crippen LogP contribution < -0.4 is 11.2 Å². The van der Waals surface area contributed by atoms with Crippen LogP contribution in [0.2, 0.25) is 0 Å². The smallest absolute Gasteiger partial charge is 0.290 e. The fraction of sp³-hybridized carbons (Fsp3) is 0. The molecule has 0 aliphatic carbocycles. The summed E-state index contributed by atoms with van der Waals surface area (Å²) in [5, 5.41) is 8.75. The lowest BCUT2D eigenvalue weighted by Crippen LogP contribution is -2.19. The van der Waals surface area contributed by atoms with Crippen LogP contribution in [-0.4, -0.2) is 19.6 Å². The van der Waals surface area contributed by atoms with Gasteiger partial charge in [-0.15, -0.1) is 0 Å². The Hall–Kier alpha value is -2.47. The molecule has 6 nitrogen and oxygen atoms in total. The van der Waals surface area contributed by atoms with Crippen LogP contribution in [0.25, 0.3) is 16.6 Å². The Balaban J connectivity index is 2.55. The van der Waals surface area contributed by atoms with Gasteiger partial charge in [0.25, 0.3) is 0 Å². The van der Waals surface area contributed by atoms with Gasteiger partial charge in [0.1, 0.15) is 0 Å². The number of nitrogens with zero attached hydrogens (tertiary/aromatic N) is 3. The number of nitrogens with one attached hydrogen (secondary N) is 1. The molecule has 0 fully saturated rings. The van der Waals surface area contributed by atoms with Gasteiger partial charge in [-0.05, 0) is 12.1 Å². The molecule has 0 spiro atoms. The summed E-state index contributed by atoms with van der Waals surface area (Å²) in [5.74, 6) is 0.104. The van der Waals surface area contributed by atoms with Crippen molar-refractivity contribution in [2.75, 3.05) is 5.48 Å². The first-order chi connectivity index (χ1) is 8.29. The van der Waals surface area contributed by atoms with Crippen LogP contribution in [0.5, 0.6) is 0 Å². The zero-order valence-electron chi connectivity index (χ0n) is 8.66. The molecule has 0 radical (unpaired) electrons. The molecule has 0 saturated carbocycles. The van der Waals surface area contributed by atoms with Gasteiger partial charge in [0.15, 0.2) is 5.82 Å². The summed E-state index contributed by atoms with van der Waals surface area (Å²) in [4.78, 5) is 19.8. The summed E-state index contributed by atoms with van der Waals surface area (Å²) in [5.41, 5.74) is 3.37. The van der Waals surface area contributed by atoms with E-state index in [-0.39, 0.29) is 5.82 Å². The normalized spacial score (nSPS) is 10.9. The molecule has 1 aromatic carbocycles. The number of hydrogen-bond acceptors (Lipinski definition) is 5. The van der Waals surface area contributed by atoms with E-state index in [0.29, 0.717) is 16.6 Å².